The molecule has 2 saturated heterocycles. The van der Waals surface area contributed by atoms with Crippen LogP contribution in [0.2, 0.25) is 0 Å². The summed E-state index contributed by atoms with van der Waals surface area (Å²) in [5, 5.41) is 22.9. The molecule has 1 unspecified atom stereocenters. The van der Waals surface area contributed by atoms with Crippen LogP contribution in [0.5, 0.6) is 0 Å². The molecule has 3 heterocycles. The summed E-state index contributed by atoms with van der Waals surface area (Å²) < 4.78 is 40.9. The highest BCUT2D eigenvalue weighted by Crippen LogP contribution is 2.51. The zero-order chi connectivity index (χ0) is 22.1. The zero-order valence-corrected chi connectivity index (χ0v) is 18.2. The summed E-state index contributed by atoms with van der Waals surface area (Å²) in [6, 6.07) is -0.338. The lowest BCUT2D eigenvalue weighted by Crippen LogP contribution is -2.63. The number of β-lactam (4-membered cyclic amide) rings is 1. The van der Waals surface area contributed by atoms with Crippen LogP contribution in [0.15, 0.2) is 10.6 Å². The second kappa shape index (κ2) is 10.3. The Hall–Kier alpha value is -1.35. The monoisotopic (exact) mass is 477 g/mol. The minimum Gasteiger partial charge on any atom is -0.477 e. The van der Waals surface area contributed by atoms with E-state index in [1.807, 2.05) is 6.92 Å². The lowest BCUT2D eigenvalue weighted by atomic mass is 9.79. The van der Waals surface area contributed by atoms with Crippen molar-refractivity contribution in [2.75, 3.05) is 19.3 Å². The van der Waals surface area contributed by atoms with E-state index in [1.54, 1.807) is 6.92 Å². The quantitative estimate of drug-likeness (QED) is 0.381. The first kappa shape index (κ1) is 26.7. The smallest absolute Gasteiger partial charge is 0.353 e. The highest BCUT2D eigenvalue weighted by atomic mass is 32.2. The van der Waals surface area contributed by atoms with Gasteiger partial charge in [-0.25, -0.2) is 17.9 Å². The fraction of sp³-hybridized carbons (Fsp3) is 0.750. The van der Waals surface area contributed by atoms with Crippen molar-refractivity contribution in [3.05, 3.63) is 10.6 Å². The minimum atomic E-state index is -3.26. The number of hydrogen-bond donors (Lipinski definition) is 4. The number of nitrogens with one attached hydrogen (secondary N) is 2. The lowest BCUT2D eigenvalue weighted by molar-refractivity contribution is -0.163. The summed E-state index contributed by atoms with van der Waals surface area (Å²) in [5.74, 6) is -2.20. The highest BCUT2D eigenvalue weighted by molar-refractivity contribution is 8.03. The van der Waals surface area contributed by atoms with Gasteiger partial charge in [0.05, 0.1) is 24.3 Å². The van der Waals surface area contributed by atoms with Crippen molar-refractivity contribution in [3.63, 3.8) is 0 Å². The summed E-state index contributed by atoms with van der Waals surface area (Å²) in [7, 11) is -3.26. The molecule has 6 atom stereocenters. The number of fused-ring (bicyclic) bond motifs is 1. The van der Waals surface area contributed by atoms with Gasteiger partial charge in [0.25, 0.3) is 0 Å². The number of nitrogens with zero attached hydrogens (tertiary/aromatic N) is 1. The summed E-state index contributed by atoms with van der Waals surface area (Å²) >= 11 is 1.44. The Morgan fingerprint density at radius 1 is 1.43 bits per heavy atom. The van der Waals surface area contributed by atoms with Gasteiger partial charge in [-0.3, -0.25) is 9.50 Å². The van der Waals surface area contributed by atoms with Crippen molar-refractivity contribution in [2.45, 2.75) is 43.7 Å². The largest absolute Gasteiger partial charge is 0.477 e. The number of carboxylic acids is 1. The van der Waals surface area contributed by atoms with E-state index >= 15 is 0 Å². The van der Waals surface area contributed by atoms with E-state index in [2.05, 4.69) is 10.0 Å². The summed E-state index contributed by atoms with van der Waals surface area (Å²) in [6.07, 6.45) is 0.979. The van der Waals surface area contributed by atoms with Crippen LogP contribution in [-0.4, -0.2) is 78.2 Å². The molecule has 3 aliphatic rings. The molecule has 0 aromatic heterocycles. The van der Waals surface area contributed by atoms with Crippen LogP contribution in [0.4, 0.5) is 13.9 Å². The number of carbonyl (C=O) groups is 2. The number of aliphatic hydroxyl groups excluding tert-OH is 1. The van der Waals surface area contributed by atoms with Gasteiger partial charge in [0.1, 0.15) is 5.70 Å². The van der Waals surface area contributed by atoms with E-state index in [4.69, 9.17) is 9.15 Å². The molecule has 2 fully saturated rings. The molecule has 3 rings (SSSR count). The van der Waals surface area contributed by atoms with Gasteiger partial charge in [0.2, 0.25) is 15.9 Å². The third kappa shape index (κ3) is 5.28. The van der Waals surface area contributed by atoms with Gasteiger partial charge in [-0.1, -0.05) is 6.92 Å². The molecule has 4 N–H and O–H groups in total. The summed E-state index contributed by atoms with van der Waals surface area (Å²) in [4.78, 5) is 26.1. The molecule has 0 aromatic rings. The Bertz CT molecular complexity index is 795. The van der Waals surface area contributed by atoms with E-state index < -0.39 is 28.0 Å². The third-order valence-corrected chi connectivity index (χ3v) is 7.58. The second-order valence-corrected chi connectivity index (χ2v) is 10.6. The van der Waals surface area contributed by atoms with E-state index in [-0.39, 0.29) is 46.1 Å². The standard InChI is InChI=1S/C16H25N3O6S2.F2.FH/c1-7-12-11(8(2)20)15(21)19(12)13(16(22)23)14(7)26-10-4-9(17-6-10)5-18-27(3,24)25;1-2;/h7-12,17-18,20H,4-6H2,1-3H3,(H,22,23);;1H/t7-,8-,9+,10+,11-,12?;;/m1../s1. The number of aliphatic carboxylic acids is 1. The zero-order valence-electron chi connectivity index (χ0n) is 16.5. The van der Waals surface area contributed by atoms with Crippen molar-refractivity contribution in [1.29, 1.82) is 0 Å². The van der Waals surface area contributed by atoms with Crippen LogP contribution in [-0.2, 0) is 19.6 Å². The Balaban J connectivity index is 0.00000146. The Labute approximate surface area is 176 Å². The molecule has 9 nitrogen and oxygen atoms in total. The van der Waals surface area contributed by atoms with Crippen molar-refractivity contribution < 1.29 is 42.1 Å². The average molecular weight is 478 g/mol. The normalized spacial score (nSPS) is 31.3. The number of carboxylic acid groups (broad SMARTS) is 1. The van der Waals surface area contributed by atoms with E-state index in [9.17, 15) is 28.2 Å². The molecular formula is C16H26F3N3O6S2. The van der Waals surface area contributed by atoms with Gasteiger partial charge in [-0.15, -0.1) is 11.8 Å². The van der Waals surface area contributed by atoms with Crippen LogP contribution < -0.4 is 10.0 Å². The molecule has 0 aromatic carbocycles. The number of aliphatic hydroxyl groups is 1. The molecule has 1 amide bonds. The minimum absolute atomic E-state index is 0. The maximum atomic E-state index is 12.3. The van der Waals surface area contributed by atoms with Gasteiger partial charge in [0, 0.05) is 44.4 Å². The fourth-order valence-electron chi connectivity index (χ4n) is 4.14. The van der Waals surface area contributed by atoms with Gasteiger partial charge in [-0.2, -0.15) is 0 Å². The molecule has 0 bridgehead atoms. The van der Waals surface area contributed by atoms with Crippen molar-refractivity contribution in [1.82, 2.24) is 14.9 Å². The van der Waals surface area contributed by atoms with E-state index in [0.717, 1.165) is 6.26 Å². The number of thioether (sulfide) groups is 1. The number of sulfonamides is 1. The number of hydrogen-bond acceptors (Lipinski definition) is 7. The average Bonchev–Trinajstić information content (AvgIpc) is 3.16. The number of carbonyl (C=O) groups excluding carboxylic acids is 1. The van der Waals surface area contributed by atoms with Crippen molar-refractivity contribution in [2.24, 2.45) is 11.8 Å². The van der Waals surface area contributed by atoms with Crippen molar-refractivity contribution in [3.8, 4) is 0 Å². The Kier molecular flexibility index (Phi) is 9.17. The van der Waals surface area contributed by atoms with Crippen LogP contribution in [0.3, 0.4) is 0 Å². The maximum absolute atomic E-state index is 12.3. The molecule has 174 valence electrons. The molecular weight excluding hydrogens is 451 g/mol. The SMILES string of the molecule is C[C@H]1C(S[C@@H]2CN[C@H](CNS(C)(=O)=O)C2)=C(C(=O)O)N2C(=O)[C@H]([C@@H](C)O)C12.F.FF. The lowest BCUT2D eigenvalue weighted by Gasteiger charge is -2.46. The van der Waals surface area contributed by atoms with Crippen molar-refractivity contribution >= 4 is 33.7 Å². The first-order valence-electron chi connectivity index (χ1n) is 8.98. The van der Waals surface area contributed by atoms with E-state index in [0.29, 0.717) is 17.9 Å². The van der Waals surface area contributed by atoms with Crippen LogP contribution in [0.1, 0.15) is 20.3 Å². The number of rotatable bonds is 7. The van der Waals surface area contributed by atoms with E-state index in [1.165, 1.54) is 16.7 Å². The topological polar surface area (TPSA) is 136 Å². The fourth-order valence-corrected chi connectivity index (χ4v) is 6.16. The number of halogens is 3. The molecule has 0 aliphatic carbocycles. The summed E-state index contributed by atoms with van der Waals surface area (Å²) in [6.45, 7) is 4.36. The first-order valence-corrected chi connectivity index (χ1v) is 11.8. The summed E-state index contributed by atoms with van der Waals surface area (Å²) in [5.41, 5.74) is 0.0251. The maximum Gasteiger partial charge on any atom is 0.353 e. The second-order valence-electron chi connectivity index (χ2n) is 7.47. The molecule has 14 heteroatoms. The van der Waals surface area contributed by atoms with Gasteiger partial charge in [-0.05, 0) is 13.3 Å². The van der Waals surface area contributed by atoms with Gasteiger partial charge >= 0.3 is 5.97 Å². The molecule has 0 saturated carbocycles. The predicted molar refractivity (Wildman–Crippen MR) is 105 cm³/mol. The Morgan fingerprint density at radius 2 is 2.03 bits per heavy atom. The van der Waals surface area contributed by atoms with Crippen LogP contribution in [0, 0.1) is 11.8 Å². The molecule has 0 radical (unpaired) electrons. The Morgan fingerprint density at radius 3 is 2.53 bits per heavy atom. The first-order chi connectivity index (χ1) is 13.5. The molecule has 30 heavy (non-hydrogen) atoms. The third-order valence-electron chi connectivity index (χ3n) is 5.38. The highest BCUT2D eigenvalue weighted by Gasteiger charge is 2.60. The predicted octanol–water partition coefficient (Wildman–Crippen LogP) is 0.146. The van der Waals surface area contributed by atoms with Gasteiger partial charge in [0.15, 0.2) is 0 Å². The van der Waals surface area contributed by atoms with Gasteiger partial charge < -0.3 is 20.4 Å². The molecule has 0 spiro atoms. The van der Waals surface area contributed by atoms with Crippen LogP contribution in [0.25, 0.3) is 0 Å². The van der Waals surface area contributed by atoms with Crippen LogP contribution >= 0.6 is 11.8 Å². The number of amides is 1. The molecule has 3 aliphatic heterocycles.